The van der Waals surface area contributed by atoms with Gasteiger partial charge in [-0.3, -0.25) is 4.84 Å². The molecule has 1 saturated heterocycles. The maximum Gasteiger partial charge on any atom is 0.267 e. The van der Waals surface area contributed by atoms with Crippen molar-refractivity contribution in [1.82, 2.24) is 4.47 Å². The number of hydrogen-bond acceptors (Lipinski definition) is 3. The topological polar surface area (TPSA) is 49.7 Å². The van der Waals surface area contributed by atoms with E-state index < -0.39 is 16.3 Å². The Bertz CT molecular complexity index is 743. The summed E-state index contributed by atoms with van der Waals surface area (Å²) >= 11 is 3.40. The molecule has 4 nitrogen and oxygen atoms in total. The van der Waals surface area contributed by atoms with Crippen LogP contribution in [0.25, 0.3) is 0 Å². The van der Waals surface area contributed by atoms with Crippen LogP contribution in [0.5, 0.6) is 0 Å². The lowest BCUT2D eigenvalue weighted by atomic mass is 10.2. The molecule has 2 aromatic carbocycles. The third-order valence-corrected chi connectivity index (χ3v) is 5.42. The van der Waals surface area contributed by atoms with E-state index in [0.717, 1.165) is 20.1 Å². The van der Waals surface area contributed by atoms with Gasteiger partial charge in [-0.15, -0.1) is 0 Å². The first-order valence-corrected chi connectivity index (χ1v) is 8.26. The quantitative estimate of drug-likeness (QED) is 0.794. The van der Waals surface area contributed by atoms with Crippen molar-refractivity contribution in [3.63, 3.8) is 0 Å². The Morgan fingerprint density at radius 2 is 1.75 bits per heavy atom. The van der Waals surface area contributed by atoms with Crippen LogP contribution in [0, 0.1) is 6.92 Å². The zero-order valence-electron chi connectivity index (χ0n) is 10.7. The van der Waals surface area contributed by atoms with Gasteiger partial charge in [0.2, 0.25) is 0 Å². The van der Waals surface area contributed by atoms with Gasteiger partial charge < -0.3 is 0 Å². The van der Waals surface area contributed by atoms with Gasteiger partial charge in [-0.1, -0.05) is 51.8 Å². The molecular weight excluding hydrogens is 342 g/mol. The largest absolute Gasteiger partial charge is 0.267 e. The van der Waals surface area contributed by atoms with Crippen molar-refractivity contribution in [3.8, 4) is 0 Å². The minimum absolute atomic E-state index is 0.234. The Balaban J connectivity index is 1.89. The van der Waals surface area contributed by atoms with Crippen LogP contribution in [0.1, 0.15) is 17.4 Å². The molecule has 0 amide bonds. The summed E-state index contributed by atoms with van der Waals surface area (Å²) in [6.07, 6.45) is -0.558. The Hall–Kier alpha value is -1.21. The summed E-state index contributed by atoms with van der Waals surface area (Å²) in [6, 6.07) is 14.1. The van der Waals surface area contributed by atoms with E-state index in [0.29, 0.717) is 0 Å². The highest BCUT2D eigenvalue weighted by Crippen LogP contribution is 2.44. The Morgan fingerprint density at radius 3 is 2.40 bits per heavy atom. The van der Waals surface area contributed by atoms with Crippen molar-refractivity contribution in [3.05, 3.63) is 64.1 Å². The summed E-state index contributed by atoms with van der Waals surface area (Å²) in [7, 11) is -3.61. The number of sulfonamides is 1. The Morgan fingerprint density at radius 1 is 1.10 bits per heavy atom. The predicted molar refractivity (Wildman–Crippen MR) is 78.2 cm³/mol. The highest BCUT2D eigenvalue weighted by Gasteiger charge is 2.49. The zero-order valence-corrected chi connectivity index (χ0v) is 13.1. The number of benzene rings is 2. The molecule has 0 aromatic heterocycles. The molecule has 0 saturated carbocycles. The number of hydrogen-bond donors (Lipinski definition) is 0. The fourth-order valence-electron chi connectivity index (χ4n) is 1.91. The second-order valence-corrected chi connectivity index (χ2v) is 7.19. The lowest BCUT2D eigenvalue weighted by Gasteiger charge is -2.03. The van der Waals surface area contributed by atoms with Gasteiger partial charge in [0, 0.05) is 10.0 Å². The Kier molecular flexibility index (Phi) is 3.41. The maximum atomic E-state index is 12.4. The summed E-state index contributed by atoms with van der Waals surface area (Å²) in [4.78, 5) is 5.48. The SMILES string of the molecule is Cc1ccc(S(=O)(=O)N2OC2c2ccccc2Br)cc1. The minimum atomic E-state index is -3.61. The first-order valence-electron chi connectivity index (χ1n) is 6.02. The van der Waals surface area contributed by atoms with Crippen LogP contribution in [0.2, 0.25) is 0 Å². The predicted octanol–water partition coefficient (Wildman–Crippen LogP) is 3.39. The first-order chi connectivity index (χ1) is 9.50. The van der Waals surface area contributed by atoms with Gasteiger partial charge in [-0.2, -0.15) is 0 Å². The number of rotatable bonds is 3. The fraction of sp³-hybridized carbons (Fsp3) is 0.143. The summed E-state index contributed by atoms with van der Waals surface area (Å²) < 4.78 is 26.6. The molecular formula is C14H12BrNO3S. The molecule has 0 spiro atoms. The molecule has 1 fully saturated rings. The molecule has 0 radical (unpaired) electrons. The normalized spacial score (nSPS) is 21.7. The molecule has 2 aromatic rings. The summed E-state index contributed by atoms with van der Waals surface area (Å²) in [5.74, 6) is 0. The highest BCUT2D eigenvalue weighted by atomic mass is 79.9. The van der Waals surface area contributed by atoms with Crippen molar-refractivity contribution in [2.24, 2.45) is 0 Å². The number of nitrogens with zero attached hydrogens (tertiary/aromatic N) is 1. The van der Waals surface area contributed by atoms with E-state index in [1.165, 1.54) is 0 Å². The fourth-order valence-corrected chi connectivity index (χ4v) is 3.64. The van der Waals surface area contributed by atoms with Crippen LogP contribution >= 0.6 is 15.9 Å². The van der Waals surface area contributed by atoms with E-state index in [1.54, 1.807) is 24.3 Å². The van der Waals surface area contributed by atoms with Gasteiger partial charge in [0.25, 0.3) is 10.0 Å². The molecule has 0 bridgehead atoms. The zero-order chi connectivity index (χ0) is 14.3. The Labute approximate surface area is 126 Å². The molecule has 0 aliphatic carbocycles. The molecule has 1 aliphatic heterocycles. The molecule has 1 aliphatic rings. The van der Waals surface area contributed by atoms with Crippen molar-refractivity contribution in [2.75, 3.05) is 0 Å². The van der Waals surface area contributed by atoms with Crippen LogP contribution in [0.3, 0.4) is 0 Å². The van der Waals surface area contributed by atoms with Crippen LogP contribution in [-0.2, 0) is 14.9 Å². The monoisotopic (exact) mass is 353 g/mol. The van der Waals surface area contributed by atoms with Gasteiger partial charge in [0.1, 0.15) is 0 Å². The van der Waals surface area contributed by atoms with Crippen molar-refractivity contribution < 1.29 is 13.3 Å². The van der Waals surface area contributed by atoms with E-state index in [1.807, 2.05) is 31.2 Å². The van der Waals surface area contributed by atoms with E-state index >= 15 is 0 Å². The summed E-state index contributed by atoms with van der Waals surface area (Å²) in [5, 5.41) is 0. The lowest BCUT2D eigenvalue weighted by molar-refractivity contribution is 0.283. The van der Waals surface area contributed by atoms with Gasteiger partial charge in [-0.05, 0) is 29.6 Å². The van der Waals surface area contributed by atoms with Gasteiger partial charge >= 0.3 is 0 Å². The third-order valence-electron chi connectivity index (χ3n) is 3.08. The van der Waals surface area contributed by atoms with E-state index in [4.69, 9.17) is 4.84 Å². The molecule has 104 valence electrons. The minimum Gasteiger partial charge on any atom is -0.253 e. The number of hydroxylamine groups is 1. The average Bonchev–Trinajstić information content (AvgIpc) is 3.20. The van der Waals surface area contributed by atoms with E-state index in [9.17, 15) is 8.42 Å². The van der Waals surface area contributed by atoms with Crippen LogP contribution < -0.4 is 0 Å². The molecule has 6 heteroatoms. The smallest absolute Gasteiger partial charge is 0.253 e. The van der Waals surface area contributed by atoms with Gasteiger partial charge in [0.05, 0.1) is 4.90 Å². The average molecular weight is 354 g/mol. The standard InChI is InChI=1S/C14H12BrNO3S/c1-10-6-8-11(9-7-10)20(17,18)16-14(19-16)12-4-2-3-5-13(12)15/h2-9,14H,1H3. The number of aryl methyl sites for hydroxylation is 1. The van der Waals surface area contributed by atoms with E-state index in [-0.39, 0.29) is 4.90 Å². The van der Waals surface area contributed by atoms with E-state index in [2.05, 4.69) is 15.9 Å². The van der Waals surface area contributed by atoms with Gasteiger partial charge in [-0.25, -0.2) is 8.42 Å². The second-order valence-electron chi connectivity index (χ2n) is 4.55. The number of halogens is 1. The van der Waals surface area contributed by atoms with Crippen LogP contribution in [0.4, 0.5) is 0 Å². The molecule has 20 heavy (non-hydrogen) atoms. The lowest BCUT2D eigenvalue weighted by Crippen LogP contribution is -2.12. The molecule has 1 heterocycles. The summed E-state index contributed by atoms with van der Waals surface area (Å²) in [6.45, 7) is 1.91. The molecule has 3 rings (SSSR count). The molecule has 2 unspecified atom stereocenters. The maximum absolute atomic E-state index is 12.4. The van der Waals surface area contributed by atoms with Gasteiger partial charge in [0.15, 0.2) is 6.23 Å². The molecule has 2 atom stereocenters. The first kappa shape index (κ1) is 13.8. The third kappa shape index (κ3) is 2.40. The van der Waals surface area contributed by atoms with Crippen molar-refractivity contribution in [1.29, 1.82) is 0 Å². The molecule has 0 N–H and O–H groups in total. The van der Waals surface area contributed by atoms with Crippen LogP contribution in [0.15, 0.2) is 57.9 Å². The van der Waals surface area contributed by atoms with Crippen molar-refractivity contribution >= 4 is 26.0 Å². The highest BCUT2D eigenvalue weighted by molar-refractivity contribution is 9.10. The summed E-state index contributed by atoms with van der Waals surface area (Å²) in [5.41, 5.74) is 1.81. The second kappa shape index (κ2) is 4.96. The van der Waals surface area contributed by atoms with Crippen LogP contribution in [-0.4, -0.2) is 12.9 Å². The van der Waals surface area contributed by atoms with Crippen molar-refractivity contribution in [2.45, 2.75) is 18.0 Å².